The van der Waals surface area contributed by atoms with Gasteiger partial charge in [-0.2, -0.15) is 0 Å². The van der Waals surface area contributed by atoms with E-state index in [1.54, 1.807) is 61.7 Å². The van der Waals surface area contributed by atoms with Gasteiger partial charge >= 0.3 is 0 Å². The van der Waals surface area contributed by atoms with E-state index in [1.165, 1.54) is 0 Å². The summed E-state index contributed by atoms with van der Waals surface area (Å²) in [6, 6.07) is 20.5. The van der Waals surface area contributed by atoms with Crippen LogP contribution in [0.3, 0.4) is 0 Å². The molecule has 0 radical (unpaired) electrons. The third kappa shape index (κ3) is 6.04. The maximum Gasteiger partial charge on any atom is 0.264 e. The Hall–Kier alpha value is -3.52. The molecule has 0 atom stereocenters. The summed E-state index contributed by atoms with van der Waals surface area (Å²) in [5.41, 5.74) is 2.10. The molecule has 3 aromatic carbocycles. The first kappa shape index (κ1) is 24.1. The van der Waals surface area contributed by atoms with Crippen molar-refractivity contribution in [1.29, 1.82) is 0 Å². The second-order valence-electron chi connectivity index (χ2n) is 7.34. The van der Waals surface area contributed by atoms with Gasteiger partial charge in [0, 0.05) is 12.1 Å². The number of hydrogen-bond acceptors (Lipinski definition) is 5. The molecule has 7 nitrogen and oxygen atoms in total. The van der Waals surface area contributed by atoms with E-state index in [1.807, 2.05) is 32.0 Å². The Morgan fingerprint density at radius 2 is 1.64 bits per heavy atom. The van der Waals surface area contributed by atoms with Crippen LogP contribution in [0.5, 0.6) is 11.5 Å². The fourth-order valence-electron chi connectivity index (χ4n) is 3.26. The smallest absolute Gasteiger partial charge is 0.264 e. The Labute approximate surface area is 195 Å². The fourth-order valence-corrected chi connectivity index (χ4v) is 4.68. The lowest BCUT2D eigenvalue weighted by Gasteiger charge is -2.24. The van der Waals surface area contributed by atoms with Crippen LogP contribution >= 0.6 is 0 Å². The van der Waals surface area contributed by atoms with Gasteiger partial charge in [0.05, 0.1) is 24.3 Å². The van der Waals surface area contributed by atoms with Gasteiger partial charge in [-0.1, -0.05) is 35.9 Å². The summed E-state index contributed by atoms with van der Waals surface area (Å²) in [5.74, 6) is 0.827. The first-order valence-electron chi connectivity index (χ1n) is 10.6. The number of carbonyl (C=O) groups is 1. The van der Waals surface area contributed by atoms with Crippen molar-refractivity contribution in [2.75, 3.05) is 24.6 Å². The Morgan fingerprint density at radius 3 is 2.27 bits per heavy atom. The van der Waals surface area contributed by atoms with Crippen LogP contribution in [0, 0.1) is 6.92 Å². The van der Waals surface area contributed by atoms with Crippen LogP contribution in [0.4, 0.5) is 5.69 Å². The number of para-hydroxylation sites is 1. The summed E-state index contributed by atoms with van der Waals surface area (Å²) in [6.07, 6.45) is 0. The molecular formula is C25H28N2O5S. The van der Waals surface area contributed by atoms with E-state index in [2.05, 4.69) is 5.32 Å². The van der Waals surface area contributed by atoms with Gasteiger partial charge in [-0.15, -0.1) is 0 Å². The highest BCUT2D eigenvalue weighted by atomic mass is 32.2. The molecular weight excluding hydrogens is 440 g/mol. The minimum atomic E-state index is -3.98. The molecule has 0 aliphatic heterocycles. The van der Waals surface area contributed by atoms with E-state index in [-0.39, 0.29) is 18.0 Å². The maximum atomic E-state index is 13.5. The Morgan fingerprint density at radius 1 is 0.970 bits per heavy atom. The topological polar surface area (TPSA) is 84.9 Å². The van der Waals surface area contributed by atoms with Crippen LogP contribution in [0.2, 0.25) is 0 Å². The van der Waals surface area contributed by atoms with Gasteiger partial charge in [-0.25, -0.2) is 8.42 Å². The van der Waals surface area contributed by atoms with Crippen LogP contribution < -0.4 is 19.1 Å². The largest absolute Gasteiger partial charge is 0.496 e. The van der Waals surface area contributed by atoms with Crippen LogP contribution in [0.15, 0.2) is 77.7 Å². The van der Waals surface area contributed by atoms with Crippen molar-refractivity contribution >= 4 is 21.6 Å². The zero-order valence-electron chi connectivity index (χ0n) is 18.9. The number of benzene rings is 3. The van der Waals surface area contributed by atoms with Crippen molar-refractivity contribution in [1.82, 2.24) is 5.32 Å². The molecule has 0 saturated heterocycles. The van der Waals surface area contributed by atoms with Gasteiger partial charge in [-0.3, -0.25) is 9.10 Å². The quantitative estimate of drug-likeness (QED) is 0.488. The number of rotatable bonds is 10. The van der Waals surface area contributed by atoms with Crippen LogP contribution in [0.1, 0.15) is 18.1 Å². The fraction of sp³-hybridized carbons (Fsp3) is 0.240. The molecule has 1 N–H and O–H groups in total. The second-order valence-corrected chi connectivity index (χ2v) is 9.20. The molecule has 8 heteroatoms. The zero-order chi connectivity index (χ0) is 23.8. The van der Waals surface area contributed by atoms with Gasteiger partial charge < -0.3 is 14.8 Å². The van der Waals surface area contributed by atoms with Crippen molar-refractivity contribution in [3.8, 4) is 11.5 Å². The van der Waals surface area contributed by atoms with Crippen molar-refractivity contribution in [3.05, 3.63) is 83.9 Å². The summed E-state index contributed by atoms with van der Waals surface area (Å²) in [7, 11) is -2.42. The third-order valence-corrected chi connectivity index (χ3v) is 6.79. The van der Waals surface area contributed by atoms with Crippen LogP contribution in [-0.4, -0.2) is 34.6 Å². The van der Waals surface area contributed by atoms with E-state index >= 15 is 0 Å². The highest BCUT2D eigenvalue weighted by molar-refractivity contribution is 7.92. The minimum absolute atomic E-state index is 0.111. The van der Waals surface area contributed by atoms with E-state index < -0.39 is 15.9 Å². The SMILES string of the molecule is CCOc1ccc(N(CC(=O)NCc2ccccc2OC)S(=O)(=O)c2ccc(C)cc2)cc1. The normalized spacial score (nSPS) is 11.0. The Kier molecular flexibility index (Phi) is 7.95. The predicted octanol–water partition coefficient (Wildman–Crippen LogP) is 3.91. The minimum Gasteiger partial charge on any atom is -0.496 e. The van der Waals surface area contributed by atoms with Gasteiger partial charge in [0.1, 0.15) is 18.0 Å². The number of nitrogens with zero attached hydrogens (tertiary/aromatic N) is 1. The van der Waals surface area contributed by atoms with Gasteiger partial charge in [0.25, 0.3) is 10.0 Å². The molecule has 0 fully saturated rings. The molecule has 0 aliphatic carbocycles. The number of nitrogens with one attached hydrogen (secondary N) is 1. The molecule has 0 aromatic heterocycles. The van der Waals surface area contributed by atoms with E-state index in [4.69, 9.17) is 9.47 Å². The molecule has 3 aromatic rings. The molecule has 0 bridgehead atoms. The van der Waals surface area contributed by atoms with E-state index in [0.29, 0.717) is 23.8 Å². The van der Waals surface area contributed by atoms with Crippen molar-refractivity contribution < 1.29 is 22.7 Å². The van der Waals surface area contributed by atoms with Gasteiger partial charge in [-0.05, 0) is 56.3 Å². The second kappa shape index (κ2) is 10.9. The molecule has 3 rings (SSSR count). The first-order valence-corrected chi connectivity index (χ1v) is 12.0. The number of sulfonamides is 1. The molecule has 174 valence electrons. The number of hydrogen-bond donors (Lipinski definition) is 1. The van der Waals surface area contributed by atoms with E-state index in [9.17, 15) is 13.2 Å². The lowest BCUT2D eigenvalue weighted by molar-refractivity contribution is -0.119. The molecule has 0 saturated carbocycles. The lowest BCUT2D eigenvalue weighted by Crippen LogP contribution is -2.40. The summed E-state index contributed by atoms with van der Waals surface area (Å²) in [6.45, 7) is 4.08. The summed E-state index contributed by atoms with van der Waals surface area (Å²) in [5, 5.41) is 2.79. The Balaban J connectivity index is 1.86. The molecule has 1 amide bonds. The molecule has 0 unspecified atom stereocenters. The lowest BCUT2D eigenvalue weighted by atomic mass is 10.2. The first-order chi connectivity index (χ1) is 15.8. The van der Waals surface area contributed by atoms with Gasteiger partial charge in [0.15, 0.2) is 0 Å². The summed E-state index contributed by atoms with van der Waals surface area (Å²) in [4.78, 5) is 12.9. The van der Waals surface area contributed by atoms with E-state index in [0.717, 1.165) is 15.4 Å². The number of anilines is 1. The summed E-state index contributed by atoms with van der Waals surface area (Å²) >= 11 is 0. The monoisotopic (exact) mass is 468 g/mol. The highest BCUT2D eigenvalue weighted by Crippen LogP contribution is 2.26. The zero-order valence-corrected chi connectivity index (χ0v) is 19.8. The highest BCUT2D eigenvalue weighted by Gasteiger charge is 2.27. The Bertz CT molecular complexity index is 1180. The van der Waals surface area contributed by atoms with Crippen molar-refractivity contribution in [2.24, 2.45) is 0 Å². The van der Waals surface area contributed by atoms with Crippen molar-refractivity contribution in [3.63, 3.8) is 0 Å². The standard InChI is InChI=1S/C25H28N2O5S/c1-4-32-22-13-11-21(12-14-22)27(33(29,30)23-15-9-19(2)10-16-23)18-25(28)26-17-20-7-5-6-8-24(20)31-3/h5-16H,4,17-18H2,1-3H3,(H,26,28). The number of amides is 1. The van der Waals surface area contributed by atoms with Crippen LogP contribution in [-0.2, 0) is 21.4 Å². The maximum absolute atomic E-state index is 13.5. The van der Waals surface area contributed by atoms with Crippen molar-refractivity contribution in [2.45, 2.75) is 25.3 Å². The average Bonchev–Trinajstić information content (AvgIpc) is 2.82. The molecule has 33 heavy (non-hydrogen) atoms. The predicted molar refractivity (Wildman–Crippen MR) is 128 cm³/mol. The average molecular weight is 469 g/mol. The molecule has 0 spiro atoms. The summed E-state index contributed by atoms with van der Waals surface area (Å²) < 4.78 is 38.8. The van der Waals surface area contributed by atoms with Crippen LogP contribution in [0.25, 0.3) is 0 Å². The van der Waals surface area contributed by atoms with Gasteiger partial charge in [0.2, 0.25) is 5.91 Å². The molecule has 0 aliphatic rings. The number of ether oxygens (including phenoxy) is 2. The number of methoxy groups -OCH3 is 1. The number of aryl methyl sites for hydroxylation is 1. The molecule has 0 heterocycles. The number of carbonyl (C=O) groups excluding carboxylic acids is 1. The third-order valence-electron chi connectivity index (χ3n) is 5.00.